The van der Waals surface area contributed by atoms with E-state index in [1.165, 1.54) is 4.68 Å². The lowest BCUT2D eigenvalue weighted by atomic mass is 10.2. The van der Waals surface area contributed by atoms with E-state index in [1.54, 1.807) is 12.3 Å². The minimum Gasteiger partial charge on any atom is -0.378 e. The van der Waals surface area contributed by atoms with Gasteiger partial charge in [0.2, 0.25) is 0 Å². The average Bonchev–Trinajstić information content (AvgIpc) is 2.63. The van der Waals surface area contributed by atoms with Crippen molar-refractivity contribution in [2.24, 2.45) is 5.10 Å². The van der Waals surface area contributed by atoms with E-state index in [0.717, 1.165) is 22.1 Å². The van der Waals surface area contributed by atoms with E-state index in [0.29, 0.717) is 23.1 Å². The van der Waals surface area contributed by atoms with Crippen LogP contribution in [0.5, 0.6) is 0 Å². The molecule has 0 N–H and O–H groups in total. The van der Waals surface area contributed by atoms with Crippen LogP contribution >= 0.6 is 15.9 Å². The van der Waals surface area contributed by atoms with Crippen LogP contribution in [0, 0.1) is 0 Å². The molecular weight excluding hydrogens is 392 g/mol. The highest BCUT2D eigenvalue weighted by molar-refractivity contribution is 9.10. The fourth-order valence-electron chi connectivity index (χ4n) is 2.68. The van der Waals surface area contributed by atoms with Gasteiger partial charge in [0, 0.05) is 30.7 Å². The van der Waals surface area contributed by atoms with Gasteiger partial charge in [0.05, 0.1) is 17.1 Å². The van der Waals surface area contributed by atoms with Crippen LogP contribution in [0.1, 0.15) is 24.7 Å². The molecule has 0 aliphatic rings. The summed E-state index contributed by atoms with van der Waals surface area (Å²) in [6.07, 6.45) is 3.28. The third kappa shape index (κ3) is 3.85. The summed E-state index contributed by atoms with van der Waals surface area (Å²) >= 11 is 3.42. The van der Waals surface area contributed by atoms with E-state index in [9.17, 15) is 4.79 Å². The van der Waals surface area contributed by atoms with Gasteiger partial charge in [-0.2, -0.15) is 9.78 Å². The monoisotopic (exact) mass is 412 g/mol. The van der Waals surface area contributed by atoms with E-state index >= 15 is 0 Å². The van der Waals surface area contributed by atoms with Gasteiger partial charge in [0.25, 0.3) is 5.56 Å². The first-order chi connectivity index (χ1) is 12.5. The maximum atomic E-state index is 12.9. The fourth-order valence-corrected chi connectivity index (χ4v) is 3.04. The first kappa shape index (κ1) is 18.3. The minimum absolute atomic E-state index is 0.152. The Kier molecular flexibility index (Phi) is 5.52. The molecule has 0 bridgehead atoms. The summed E-state index contributed by atoms with van der Waals surface area (Å²) in [4.78, 5) is 19.6. The van der Waals surface area contributed by atoms with Gasteiger partial charge in [-0.25, -0.2) is 4.98 Å². The first-order valence-electron chi connectivity index (χ1n) is 8.52. The first-order valence-corrected chi connectivity index (χ1v) is 9.32. The van der Waals surface area contributed by atoms with Crippen LogP contribution in [0.2, 0.25) is 0 Å². The van der Waals surface area contributed by atoms with E-state index in [-0.39, 0.29) is 5.56 Å². The van der Waals surface area contributed by atoms with Gasteiger partial charge in [0.15, 0.2) is 0 Å². The average molecular weight is 413 g/mol. The SMILES string of the molecule is CCCc1nc2ccc(Br)cc2c(=O)n1N=Cc1ccc(N(C)C)cc1. The van der Waals surface area contributed by atoms with E-state index in [2.05, 4.69) is 32.9 Å². The standard InChI is InChI=1S/C20H21BrN4O/c1-4-5-19-23-18-11-8-15(21)12-17(18)20(26)25(19)22-13-14-6-9-16(10-7-14)24(2)3/h6-13H,4-5H2,1-3H3. The molecule has 1 heterocycles. The van der Waals surface area contributed by atoms with Crippen LogP contribution in [-0.2, 0) is 6.42 Å². The molecule has 0 unspecified atom stereocenters. The molecule has 0 spiro atoms. The van der Waals surface area contributed by atoms with Crippen molar-refractivity contribution < 1.29 is 0 Å². The predicted molar refractivity (Wildman–Crippen MR) is 111 cm³/mol. The number of nitrogens with zero attached hydrogens (tertiary/aromatic N) is 4. The Morgan fingerprint density at radius 1 is 1.19 bits per heavy atom. The molecule has 0 saturated carbocycles. The van der Waals surface area contributed by atoms with Gasteiger partial charge in [-0.1, -0.05) is 35.0 Å². The molecule has 26 heavy (non-hydrogen) atoms. The molecule has 3 rings (SSSR count). The van der Waals surface area contributed by atoms with Gasteiger partial charge < -0.3 is 4.90 Å². The molecule has 0 aliphatic heterocycles. The van der Waals surface area contributed by atoms with Crippen LogP contribution < -0.4 is 10.5 Å². The van der Waals surface area contributed by atoms with Gasteiger partial charge >= 0.3 is 0 Å². The van der Waals surface area contributed by atoms with Gasteiger partial charge in [-0.3, -0.25) is 4.79 Å². The quantitative estimate of drug-likeness (QED) is 0.593. The second-order valence-corrected chi connectivity index (χ2v) is 7.20. The smallest absolute Gasteiger partial charge is 0.282 e. The summed E-state index contributed by atoms with van der Waals surface area (Å²) in [5, 5.41) is 4.99. The molecule has 1 aromatic heterocycles. The number of halogens is 1. The summed E-state index contributed by atoms with van der Waals surface area (Å²) in [5.41, 5.74) is 2.59. The molecule has 3 aromatic rings. The number of aromatic nitrogens is 2. The zero-order valence-corrected chi connectivity index (χ0v) is 16.7. The molecule has 0 fully saturated rings. The molecule has 0 atom stereocenters. The number of rotatable bonds is 5. The highest BCUT2D eigenvalue weighted by atomic mass is 79.9. The van der Waals surface area contributed by atoms with Crippen LogP contribution in [0.15, 0.2) is 56.8 Å². The lowest BCUT2D eigenvalue weighted by Crippen LogP contribution is -2.22. The summed E-state index contributed by atoms with van der Waals surface area (Å²) in [7, 11) is 4.00. The second-order valence-electron chi connectivity index (χ2n) is 6.29. The predicted octanol–water partition coefficient (Wildman–Crippen LogP) is 4.06. The third-order valence-corrected chi connectivity index (χ3v) is 4.57. The maximum Gasteiger partial charge on any atom is 0.282 e. The lowest BCUT2D eigenvalue weighted by molar-refractivity contribution is 0.704. The molecule has 2 aromatic carbocycles. The largest absolute Gasteiger partial charge is 0.378 e. The van der Waals surface area contributed by atoms with Crippen molar-refractivity contribution in [3.8, 4) is 0 Å². The van der Waals surface area contributed by atoms with Crippen molar-refractivity contribution in [3.05, 3.63) is 68.7 Å². The molecule has 0 radical (unpaired) electrons. The molecule has 0 amide bonds. The van der Waals surface area contributed by atoms with Gasteiger partial charge in [-0.05, 0) is 42.3 Å². The number of aryl methyl sites for hydroxylation is 1. The maximum absolute atomic E-state index is 12.9. The van der Waals surface area contributed by atoms with Crippen LogP contribution in [0.3, 0.4) is 0 Å². The zero-order valence-electron chi connectivity index (χ0n) is 15.1. The Labute approximate surface area is 161 Å². The van der Waals surface area contributed by atoms with E-state index in [1.807, 2.05) is 55.4 Å². The Balaban J connectivity index is 2.06. The lowest BCUT2D eigenvalue weighted by Gasteiger charge is -2.12. The summed E-state index contributed by atoms with van der Waals surface area (Å²) in [5.74, 6) is 0.675. The number of hydrogen-bond acceptors (Lipinski definition) is 4. The molecular formula is C20H21BrN4O. The van der Waals surface area contributed by atoms with Crippen LogP contribution in [0.25, 0.3) is 10.9 Å². The van der Waals surface area contributed by atoms with Crippen molar-refractivity contribution in [1.82, 2.24) is 9.66 Å². The molecule has 5 nitrogen and oxygen atoms in total. The zero-order chi connectivity index (χ0) is 18.7. The number of benzene rings is 2. The molecule has 6 heteroatoms. The van der Waals surface area contributed by atoms with Crippen LogP contribution in [0.4, 0.5) is 5.69 Å². The Bertz CT molecular complexity index is 1010. The van der Waals surface area contributed by atoms with Crippen LogP contribution in [-0.4, -0.2) is 30.0 Å². The number of fused-ring (bicyclic) bond motifs is 1. The highest BCUT2D eigenvalue weighted by Crippen LogP contribution is 2.16. The van der Waals surface area contributed by atoms with Gasteiger partial charge in [-0.15, -0.1) is 0 Å². The fraction of sp³-hybridized carbons (Fsp3) is 0.250. The Hall–Kier alpha value is -2.47. The number of anilines is 1. The second kappa shape index (κ2) is 7.83. The summed E-state index contributed by atoms with van der Waals surface area (Å²) in [6.45, 7) is 2.06. The van der Waals surface area contributed by atoms with E-state index < -0.39 is 0 Å². The normalized spacial score (nSPS) is 11.4. The van der Waals surface area contributed by atoms with E-state index in [4.69, 9.17) is 0 Å². The Morgan fingerprint density at radius 3 is 2.58 bits per heavy atom. The molecule has 0 saturated heterocycles. The van der Waals surface area contributed by atoms with Crippen molar-refractivity contribution in [3.63, 3.8) is 0 Å². The molecule has 0 aliphatic carbocycles. The minimum atomic E-state index is -0.152. The van der Waals surface area contributed by atoms with Crippen molar-refractivity contribution in [2.75, 3.05) is 19.0 Å². The number of hydrogen-bond donors (Lipinski definition) is 0. The summed E-state index contributed by atoms with van der Waals surface area (Å²) in [6, 6.07) is 13.5. The highest BCUT2D eigenvalue weighted by Gasteiger charge is 2.10. The van der Waals surface area contributed by atoms with Crippen molar-refractivity contribution in [1.29, 1.82) is 0 Å². The Morgan fingerprint density at radius 2 is 1.92 bits per heavy atom. The van der Waals surface area contributed by atoms with Gasteiger partial charge in [0.1, 0.15) is 5.82 Å². The third-order valence-electron chi connectivity index (χ3n) is 4.08. The molecule has 134 valence electrons. The summed E-state index contributed by atoms with van der Waals surface area (Å²) < 4.78 is 2.26. The van der Waals surface area contributed by atoms with Crippen molar-refractivity contribution in [2.45, 2.75) is 19.8 Å². The van der Waals surface area contributed by atoms with Crippen molar-refractivity contribution >= 4 is 38.7 Å². The topological polar surface area (TPSA) is 50.5 Å².